The van der Waals surface area contributed by atoms with E-state index in [4.69, 9.17) is 0 Å². The van der Waals surface area contributed by atoms with E-state index in [0.29, 0.717) is 30.9 Å². The molecule has 1 aliphatic heterocycles. The number of allylic oxidation sites excluding steroid dienone is 3. The van der Waals surface area contributed by atoms with Crippen LogP contribution < -0.4 is 16.0 Å². The number of β-amino-alcohol motifs (C(OH)–C–C–N with tert-alkyl or cyclic N) is 1. The molecule has 43 heavy (non-hydrogen) atoms. The fourth-order valence-corrected chi connectivity index (χ4v) is 6.49. The van der Waals surface area contributed by atoms with Gasteiger partial charge in [-0.25, -0.2) is 0 Å². The molecule has 226 valence electrons. The number of hydrogen-bond donors (Lipinski definition) is 5. The molecule has 0 saturated heterocycles. The van der Waals surface area contributed by atoms with Crippen molar-refractivity contribution in [3.8, 4) is 11.4 Å². The van der Waals surface area contributed by atoms with E-state index >= 15 is 0 Å². The summed E-state index contributed by atoms with van der Waals surface area (Å²) in [6.07, 6.45) is 4.68. The number of nitrogens with zero attached hydrogens (tertiary/aromatic N) is 3. The number of H-pyrrole nitrogens is 1. The Bertz CT molecular complexity index is 1530. The van der Waals surface area contributed by atoms with Gasteiger partial charge in [0.1, 0.15) is 5.70 Å². The first-order valence-corrected chi connectivity index (χ1v) is 15.5. The lowest BCUT2D eigenvalue weighted by Crippen LogP contribution is -2.46. The number of aromatic nitrogens is 4. The normalized spacial score (nSPS) is 19.7. The molecule has 2 aliphatic rings. The quantitative estimate of drug-likeness (QED) is 0.204. The number of rotatable bonds is 10. The van der Waals surface area contributed by atoms with E-state index < -0.39 is 11.6 Å². The number of para-hydroxylation sites is 1. The number of halogens is 1. The summed E-state index contributed by atoms with van der Waals surface area (Å²) in [6, 6.07) is 15.8. The van der Waals surface area contributed by atoms with Crippen LogP contribution in [0.5, 0.6) is 0 Å². The van der Waals surface area contributed by atoms with Crippen LogP contribution in [-0.4, -0.2) is 60.6 Å². The summed E-state index contributed by atoms with van der Waals surface area (Å²) in [6.45, 7) is 5.88. The van der Waals surface area contributed by atoms with E-state index in [-0.39, 0.29) is 29.0 Å². The Morgan fingerprint density at radius 3 is 2.63 bits per heavy atom. The lowest BCUT2D eigenvalue weighted by Gasteiger charge is -2.30. The number of aliphatic hydroxyl groups excluding tert-OH is 1. The zero-order valence-corrected chi connectivity index (χ0v) is 26.2. The third kappa shape index (κ3) is 7.65. The van der Waals surface area contributed by atoms with Crippen molar-refractivity contribution < 1.29 is 14.7 Å². The molecule has 3 aromatic rings. The molecule has 5 N–H and O–H groups in total. The average molecular weight is 649 g/mol. The Morgan fingerprint density at radius 1 is 1.16 bits per heavy atom. The Labute approximate surface area is 259 Å². The van der Waals surface area contributed by atoms with Crippen LogP contribution in [0.4, 0.5) is 5.69 Å². The summed E-state index contributed by atoms with van der Waals surface area (Å²) in [5, 5.41) is 33.5. The summed E-state index contributed by atoms with van der Waals surface area (Å²) in [7, 11) is 0. The number of hydrogen-bond acceptors (Lipinski definition) is 7. The van der Waals surface area contributed by atoms with Crippen molar-refractivity contribution in [3.63, 3.8) is 0 Å². The number of anilines is 1. The summed E-state index contributed by atoms with van der Waals surface area (Å²) < 4.78 is 0. The molecule has 0 spiro atoms. The maximum atomic E-state index is 13.5. The molecular weight excluding hydrogens is 610 g/mol. The maximum Gasteiger partial charge on any atom is 0.272 e. The first-order chi connectivity index (χ1) is 20.6. The van der Waals surface area contributed by atoms with Gasteiger partial charge in [0.2, 0.25) is 11.7 Å². The zero-order valence-electron chi connectivity index (χ0n) is 24.7. The second kappa shape index (κ2) is 13.3. The molecule has 11 heteroatoms. The fraction of sp³-hybridized carbons (Fsp3) is 0.406. The number of aliphatic hydroxyl groups is 1. The van der Waals surface area contributed by atoms with Crippen LogP contribution in [0, 0.1) is 5.92 Å². The van der Waals surface area contributed by atoms with Crippen molar-refractivity contribution in [1.82, 2.24) is 31.3 Å². The minimum Gasteiger partial charge on any atom is -0.392 e. The van der Waals surface area contributed by atoms with Gasteiger partial charge in [0, 0.05) is 34.6 Å². The Balaban J connectivity index is 1.39. The molecule has 1 aromatic heterocycles. The number of alkyl halides is 1. The van der Waals surface area contributed by atoms with Gasteiger partial charge in [0.05, 0.1) is 6.10 Å². The Morgan fingerprint density at radius 2 is 1.91 bits per heavy atom. The lowest BCUT2D eigenvalue weighted by molar-refractivity contribution is -0.123. The molecule has 2 amide bonds. The standard InChI is InChI=1S/C32H38BrN7O3/c1-19(41)18-34-32(2,3)17-28(42)36-29-23(15-22-8-4-7-11-27(22)35-31(29)43)14-21-13-12-20(16-26(21)33)24-9-5-6-10-25(24)30-37-39-40-38-30/h4-12,19,21,26,34,41H,13-18H2,1-3H3,(H,35,43)(H,36,42)(H,37,38,39,40)/t19-,21?,26?/m1/s1. The predicted molar refractivity (Wildman–Crippen MR) is 170 cm³/mol. The number of benzene rings is 2. The molecule has 0 radical (unpaired) electrons. The van der Waals surface area contributed by atoms with Gasteiger partial charge in [-0.1, -0.05) is 64.5 Å². The van der Waals surface area contributed by atoms with Gasteiger partial charge >= 0.3 is 0 Å². The summed E-state index contributed by atoms with van der Waals surface area (Å²) >= 11 is 3.97. The summed E-state index contributed by atoms with van der Waals surface area (Å²) in [4.78, 5) is 27.0. The number of carbonyl (C=O) groups excluding carboxylic acids is 2. The van der Waals surface area contributed by atoms with Crippen LogP contribution in [0.1, 0.15) is 57.6 Å². The van der Waals surface area contributed by atoms with Crippen LogP contribution in [-0.2, 0) is 16.0 Å². The molecule has 0 saturated carbocycles. The van der Waals surface area contributed by atoms with Gasteiger partial charge in [0.15, 0.2) is 0 Å². The molecule has 2 aromatic carbocycles. The zero-order chi connectivity index (χ0) is 30.6. The molecule has 0 bridgehead atoms. The van der Waals surface area contributed by atoms with E-state index in [1.807, 2.05) is 56.3 Å². The number of nitrogens with one attached hydrogen (secondary N) is 4. The predicted octanol–water partition coefficient (Wildman–Crippen LogP) is 4.52. The van der Waals surface area contributed by atoms with Gasteiger partial charge in [-0.3, -0.25) is 9.59 Å². The molecule has 2 unspecified atom stereocenters. The molecular formula is C32H38BrN7O3. The smallest absolute Gasteiger partial charge is 0.272 e. The average Bonchev–Trinajstić information content (AvgIpc) is 3.47. The number of carbonyl (C=O) groups is 2. The monoisotopic (exact) mass is 647 g/mol. The molecule has 3 atom stereocenters. The van der Waals surface area contributed by atoms with Crippen molar-refractivity contribution in [1.29, 1.82) is 0 Å². The fourth-order valence-electron chi connectivity index (χ4n) is 5.73. The summed E-state index contributed by atoms with van der Waals surface area (Å²) in [5.41, 5.74) is 5.65. The van der Waals surface area contributed by atoms with Crippen molar-refractivity contribution in [2.75, 3.05) is 11.9 Å². The first kappa shape index (κ1) is 30.8. The van der Waals surface area contributed by atoms with Crippen molar-refractivity contribution in [2.24, 2.45) is 5.92 Å². The highest BCUT2D eigenvalue weighted by atomic mass is 79.9. The topological polar surface area (TPSA) is 145 Å². The lowest BCUT2D eigenvalue weighted by atomic mass is 9.81. The van der Waals surface area contributed by atoms with Gasteiger partial charge in [-0.15, -0.1) is 10.2 Å². The highest BCUT2D eigenvalue weighted by Crippen LogP contribution is 2.41. The molecule has 10 nitrogen and oxygen atoms in total. The van der Waals surface area contributed by atoms with E-state index in [0.717, 1.165) is 40.8 Å². The summed E-state index contributed by atoms with van der Waals surface area (Å²) in [5.74, 6) is 0.208. The number of aromatic amines is 1. The van der Waals surface area contributed by atoms with Crippen LogP contribution in [0.15, 0.2) is 65.9 Å². The highest BCUT2D eigenvalue weighted by Gasteiger charge is 2.31. The van der Waals surface area contributed by atoms with E-state index in [1.54, 1.807) is 6.92 Å². The van der Waals surface area contributed by atoms with Gasteiger partial charge in [-0.05, 0) is 85.9 Å². The Kier molecular flexibility index (Phi) is 9.53. The number of fused-ring (bicyclic) bond motifs is 1. The van der Waals surface area contributed by atoms with Gasteiger partial charge in [0.25, 0.3) is 5.91 Å². The minimum absolute atomic E-state index is 0.146. The van der Waals surface area contributed by atoms with Crippen molar-refractivity contribution in [2.45, 2.75) is 69.3 Å². The largest absolute Gasteiger partial charge is 0.392 e. The van der Waals surface area contributed by atoms with Crippen LogP contribution in [0.2, 0.25) is 0 Å². The number of amides is 2. The van der Waals surface area contributed by atoms with Crippen LogP contribution >= 0.6 is 15.9 Å². The highest BCUT2D eigenvalue weighted by molar-refractivity contribution is 9.09. The molecule has 0 fully saturated rings. The number of tetrazole rings is 1. The van der Waals surface area contributed by atoms with E-state index in [2.05, 4.69) is 64.6 Å². The molecule has 5 rings (SSSR count). The second-order valence-corrected chi connectivity index (χ2v) is 13.2. The Hall–Kier alpha value is -3.67. The SMILES string of the molecule is C[C@@H](O)CNC(C)(C)CC(=O)NC1=C(CC2CC=C(c3ccccc3-c3nn[nH]n3)CC2Br)Cc2ccccc2NC1=O. The second-order valence-electron chi connectivity index (χ2n) is 12.0. The van der Waals surface area contributed by atoms with Crippen molar-refractivity contribution in [3.05, 3.63) is 77.0 Å². The minimum atomic E-state index is -0.560. The van der Waals surface area contributed by atoms with Gasteiger partial charge in [-0.2, -0.15) is 5.21 Å². The molecule has 2 heterocycles. The van der Waals surface area contributed by atoms with Crippen LogP contribution in [0.25, 0.3) is 17.0 Å². The van der Waals surface area contributed by atoms with Crippen LogP contribution in [0.3, 0.4) is 0 Å². The van der Waals surface area contributed by atoms with E-state index in [9.17, 15) is 14.7 Å². The maximum absolute atomic E-state index is 13.5. The van der Waals surface area contributed by atoms with Crippen molar-refractivity contribution >= 4 is 39.0 Å². The van der Waals surface area contributed by atoms with Gasteiger partial charge < -0.3 is 21.1 Å². The third-order valence-corrected chi connectivity index (χ3v) is 9.03. The third-order valence-electron chi connectivity index (χ3n) is 7.95. The first-order valence-electron chi connectivity index (χ1n) is 14.6. The van der Waals surface area contributed by atoms with E-state index in [1.165, 1.54) is 5.57 Å². The molecule has 1 aliphatic carbocycles.